The molecule has 0 saturated heterocycles. The van der Waals surface area contributed by atoms with Crippen LogP contribution in [0.4, 0.5) is 5.69 Å². The van der Waals surface area contributed by atoms with Crippen LogP contribution in [-0.4, -0.2) is 41.4 Å². The first-order valence-electron chi connectivity index (χ1n) is 8.67. The van der Waals surface area contributed by atoms with Crippen molar-refractivity contribution in [3.63, 3.8) is 0 Å². The summed E-state index contributed by atoms with van der Waals surface area (Å²) in [4.78, 5) is 49.6. The molecule has 8 nitrogen and oxygen atoms in total. The van der Waals surface area contributed by atoms with Crippen molar-refractivity contribution in [1.29, 1.82) is 0 Å². The summed E-state index contributed by atoms with van der Waals surface area (Å²) < 4.78 is 0. The zero-order valence-corrected chi connectivity index (χ0v) is 15.1. The quantitative estimate of drug-likeness (QED) is 0.695. The number of hydrogen-bond acceptors (Lipinski definition) is 4. The number of aliphatic carboxylic acids is 1. The first-order valence-corrected chi connectivity index (χ1v) is 8.67. The van der Waals surface area contributed by atoms with Crippen molar-refractivity contribution in [3.05, 3.63) is 65.2 Å². The van der Waals surface area contributed by atoms with Crippen LogP contribution >= 0.6 is 0 Å². The summed E-state index contributed by atoms with van der Waals surface area (Å²) >= 11 is 0. The van der Waals surface area contributed by atoms with Gasteiger partial charge in [-0.3, -0.25) is 19.2 Å². The molecule has 3 N–H and O–H groups in total. The van der Waals surface area contributed by atoms with Crippen molar-refractivity contribution in [2.45, 2.75) is 19.5 Å². The molecule has 0 bridgehead atoms. The van der Waals surface area contributed by atoms with Crippen LogP contribution < -0.4 is 15.5 Å². The molecule has 2 aromatic carbocycles. The second-order valence-electron chi connectivity index (χ2n) is 6.37. The number of rotatable bonds is 6. The van der Waals surface area contributed by atoms with E-state index >= 15 is 0 Å². The Morgan fingerprint density at radius 2 is 1.82 bits per heavy atom. The van der Waals surface area contributed by atoms with E-state index in [1.807, 2.05) is 30.3 Å². The highest BCUT2D eigenvalue weighted by Crippen LogP contribution is 2.30. The van der Waals surface area contributed by atoms with Crippen molar-refractivity contribution in [3.8, 4) is 0 Å². The number of fused-ring (bicyclic) bond motifs is 1. The number of para-hydroxylation sites is 1. The van der Waals surface area contributed by atoms with E-state index in [4.69, 9.17) is 5.11 Å². The minimum atomic E-state index is -1.18. The smallest absolute Gasteiger partial charge is 0.322 e. The summed E-state index contributed by atoms with van der Waals surface area (Å²) in [5.74, 6) is -2.66. The number of carbonyl (C=O) groups is 4. The fourth-order valence-electron chi connectivity index (χ4n) is 3.02. The number of benzene rings is 2. The zero-order valence-electron chi connectivity index (χ0n) is 15.1. The SMILES string of the molecule is CC(NC(=O)c1cccc2c1C(=O)N(c1ccccc1)C2)C(=O)NCC(=O)O. The topological polar surface area (TPSA) is 116 Å². The largest absolute Gasteiger partial charge is 0.480 e. The maximum absolute atomic E-state index is 12.9. The highest BCUT2D eigenvalue weighted by atomic mass is 16.4. The van der Waals surface area contributed by atoms with Gasteiger partial charge in [-0.2, -0.15) is 0 Å². The molecule has 1 aliphatic rings. The molecule has 8 heteroatoms. The first kappa shape index (κ1) is 19.1. The molecule has 0 aliphatic carbocycles. The van der Waals surface area contributed by atoms with Gasteiger partial charge in [0.15, 0.2) is 0 Å². The Morgan fingerprint density at radius 1 is 1.11 bits per heavy atom. The molecular formula is C20H19N3O5. The third-order valence-electron chi connectivity index (χ3n) is 4.41. The zero-order chi connectivity index (χ0) is 20.3. The summed E-state index contributed by atoms with van der Waals surface area (Å²) in [6.07, 6.45) is 0. The van der Waals surface area contributed by atoms with Crippen LogP contribution in [0.2, 0.25) is 0 Å². The number of nitrogens with zero attached hydrogens (tertiary/aromatic N) is 1. The summed E-state index contributed by atoms with van der Waals surface area (Å²) in [5.41, 5.74) is 1.95. The predicted molar refractivity (Wildman–Crippen MR) is 101 cm³/mol. The molecule has 0 saturated carbocycles. The Kier molecular flexibility index (Phi) is 5.39. The average Bonchev–Trinajstić information content (AvgIpc) is 3.03. The highest BCUT2D eigenvalue weighted by molar-refractivity contribution is 6.16. The van der Waals surface area contributed by atoms with Gasteiger partial charge in [-0.15, -0.1) is 0 Å². The van der Waals surface area contributed by atoms with Crippen molar-refractivity contribution < 1.29 is 24.3 Å². The fraction of sp³-hybridized carbons (Fsp3) is 0.200. The van der Waals surface area contributed by atoms with Crippen molar-refractivity contribution in [2.75, 3.05) is 11.4 Å². The maximum Gasteiger partial charge on any atom is 0.322 e. The van der Waals surface area contributed by atoms with Crippen LogP contribution in [0, 0.1) is 0 Å². The Labute approximate surface area is 161 Å². The van der Waals surface area contributed by atoms with Gasteiger partial charge in [0.05, 0.1) is 17.7 Å². The molecule has 28 heavy (non-hydrogen) atoms. The summed E-state index contributed by atoms with van der Waals surface area (Å²) in [5, 5.41) is 13.3. The Balaban J connectivity index is 1.78. The highest BCUT2D eigenvalue weighted by Gasteiger charge is 2.33. The van der Waals surface area contributed by atoms with E-state index in [2.05, 4.69) is 10.6 Å². The molecule has 2 aromatic rings. The van der Waals surface area contributed by atoms with Gasteiger partial charge in [-0.05, 0) is 30.7 Å². The number of carbonyl (C=O) groups excluding carboxylic acids is 3. The van der Waals surface area contributed by atoms with E-state index in [9.17, 15) is 19.2 Å². The Bertz CT molecular complexity index is 942. The van der Waals surface area contributed by atoms with E-state index in [1.165, 1.54) is 13.0 Å². The van der Waals surface area contributed by atoms with E-state index in [1.54, 1.807) is 17.0 Å². The van der Waals surface area contributed by atoms with E-state index in [-0.39, 0.29) is 11.5 Å². The molecule has 0 aromatic heterocycles. The molecule has 3 amide bonds. The molecule has 0 spiro atoms. The molecule has 1 aliphatic heterocycles. The predicted octanol–water partition coefficient (Wildman–Crippen LogP) is 1.17. The van der Waals surface area contributed by atoms with Crippen LogP contribution in [0.25, 0.3) is 0 Å². The lowest BCUT2D eigenvalue weighted by molar-refractivity contribution is -0.138. The van der Waals surface area contributed by atoms with Crippen molar-refractivity contribution in [1.82, 2.24) is 10.6 Å². The minimum Gasteiger partial charge on any atom is -0.480 e. The summed E-state index contributed by atoms with van der Waals surface area (Å²) in [6.45, 7) is 1.26. The third-order valence-corrected chi connectivity index (χ3v) is 4.41. The van der Waals surface area contributed by atoms with Gasteiger partial charge in [0.1, 0.15) is 12.6 Å². The molecule has 144 valence electrons. The van der Waals surface area contributed by atoms with Crippen molar-refractivity contribution in [2.24, 2.45) is 0 Å². The number of amides is 3. The molecule has 0 radical (unpaired) electrons. The number of nitrogens with one attached hydrogen (secondary N) is 2. The molecule has 3 rings (SSSR count). The molecule has 0 fully saturated rings. The normalized spacial score (nSPS) is 13.6. The molecule has 1 unspecified atom stereocenters. The van der Waals surface area contributed by atoms with Gasteiger partial charge >= 0.3 is 5.97 Å². The van der Waals surface area contributed by atoms with E-state index < -0.39 is 30.4 Å². The maximum atomic E-state index is 12.9. The van der Waals surface area contributed by atoms with E-state index in [0.29, 0.717) is 12.1 Å². The van der Waals surface area contributed by atoms with Crippen LogP contribution in [0.5, 0.6) is 0 Å². The lowest BCUT2D eigenvalue weighted by Gasteiger charge is -2.16. The van der Waals surface area contributed by atoms with Gasteiger partial charge in [-0.1, -0.05) is 30.3 Å². The van der Waals surface area contributed by atoms with Crippen LogP contribution in [0.15, 0.2) is 48.5 Å². The van der Waals surface area contributed by atoms with Crippen LogP contribution in [-0.2, 0) is 16.1 Å². The molecular weight excluding hydrogens is 362 g/mol. The number of carboxylic acid groups (broad SMARTS) is 1. The van der Waals surface area contributed by atoms with Gasteiger partial charge in [-0.25, -0.2) is 0 Å². The standard InChI is InChI=1S/C20H19N3O5/c1-12(18(26)21-10-16(24)25)22-19(27)15-9-5-6-13-11-23(20(28)17(13)15)14-7-3-2-4-8-14/h2-9,12H,10-11H2,1H3,(H,21,26)(H,22,27)(H,24,25). The summed E-state index contributed by atoms with van der Waals surface area (Å²) in [6, 6.07) is 13.2. The second kappa shape index (κ2) is 7.91. The second-order valence-corrected chi connectivity index (χ2v) is 6.37. The Morgan fingerprint density at radius 3 is 2.50 bits per heavy atom. The number of carboxylic acids is 1. The molecule has 1 heterocycles. The van der Waals surface area contributed by atoms with Crippen LogP contribution in [0.1, 0.15) is 33.2 Å². The van der Waals surface area contributed by atoms with E-state index in [0.717, 1.165) is 11.3 Å². The van der Waals surface area contributed by atoms with Gasteiger partial charge in [0.2, 0.25) is 5.91 Å². The van der Waals surface area contributed by atoms with Gasteiger partial charge < -0.3 is 20.6 Å². The van der Waals surface area contributed by atoms with Gasteiger partial charge in [0, 0.05) is 5.69 Å². The van der Waals surface area contributed by atoms with Crippen LogP contribution in [0.3, 0.4) is 0 Å². The van der Waals surface area contributed by atoms with Gasteiger partial charge in [0.25, 0.3) is 11.8 Å². The van der Waals surface area contributed by atoms with Crippen molar-refractivity contribution >= 4 is 29.4 Å². The average molecular weight is 381 g/mol. The minimum absolute atomic E-state index is 0.179. The lowest BCUT2D eigenvalue weighted by Crippen LogP contribution is -2.46. The fourth-order valence-corrected chi connectivity index (χ4v) is 3.02. The third kappa shape index (κ3) is 3.85. The molecule has 1 atom stereocenters. The monoisotopic (exact) mass is 381 g/mol. The number of hydrogen-bond donors (Lipinski definition) is 3. The lowest BCUT2D eigenvalue weighted by atomic mass is 10.0. The summed E-state index contributed by atoms with van der Waals surface area (Å²) in [7, 11) is 0. The number of anilines is 1. The first-order chi connectivity index (χ1) is 13.4. The Hall–Kier alpha value is -3.68.